The van der Waals surface area contributed by atoms with Crippen molar-refractivity contribution in [3.63, 3.8) is 0 Å². The maximum Gasteiger partial charge on any atom is 0.270 e. The summed E-state index contributed by atoms with van der Waals surface area (Å²) in [7, 11) is 1.77. The van der Waals surface area contributed by atoms with Crippen molar-refractivity contribution in [2.45, 2.75) is 25.7 Å². The number of carbonyl (C=O) groups is 1. The molecule has 3 aromatic heterocycles. The van der Waals surface area contributed by atoms with Gasteiger partial charge in [0.2, 0.25) is 0 Å². The summed E-state index contributed by atoms with van der Waals surface area (Å²) in [6.45, 7) is 3.15. The molecule has 5 rings (SSSR count). The van der Waals surface area contributed by atoms with Crippen LogP contribution in [0.3, 0.4) is 0 Å². The largest absolute Gasteiger partial charge is 0.361 e. The lowest BCUT2D eigenvalue weighted by molar-refractivity contribution is 0.0707. The highest BCUT2D eigenvalue weighted by Gasteiger charge is 2.27. The smallest absolute Gasteiger partial charge is 0.270 e. The molecule has 0 saturated carbocycles. The van der Waals surface area contributed by atoms with Crippen molar-refractivity contribution in [2.24, 2.45) is 7.05 Å². The van der Waals surface area contributed by atoms with E-state index in [9.17, 15) is 9.59 Å². The third-order valence-electron chi connectivity index (χ3n) is 6.07. The molecule has 1 saturated heterocycles. The summed E-state index contributed by atoms with van der Waals surface area (Å²) in [4.78, 5) is 33.9. The molecule has 0 unspecified atom stereocenters. The molecule has 4 heterocycles. The van der Waals surface area contributed by atoms with E-state index < -0.39 is 0 Å². The van der Waals surface area contributed by atoms with Gasteiger partial charge in [-0.3, -0.25) is 14.3 Å². The van der Waals surface area contributed by atoms with Crippen LogP contribution < -0.4 is 5.43 Å². The number of aryl methyl sites for hydroxylation is 2. The number of piperidine rings is 1. The van der Waals surface area contributed by atoms with Crippen molar-refractivity contribution in [1.29, 1.82) is 0 Å². The molecule has 0 aliphatic carbocycles. The normalized spacial score (nSPS) is 15.4. The molecule has 1 aliphatic heterocycles. The first-order chi connectivity index (χ1) is 14.0. The number of hydrogen-bond acceptors (Lipinski definition) is 3. The van der Waals surface area contributed by atoms with Crippen LogP contribution in [0.15, 0.2) is 41.3 Å². The average Bonchev–Trinajstić information content (AvgIpc) is 3.28. The van der Waals surface area contributed by atoms with Crippen LogP contribution in [0, 0.1) is 6.92 Å². The van der Waals surface area contributed by atoms with E-state index in [1.807, 2.05) is 11.0 Å². The van der Waals surface area contributed by atoms with Gasteiger partial charge in [-0.25, -0.2) is 0 Å². The molecule has 1 amide bonds. The molecule has 0 atom stereocenters. The summed E-state index contributed by atoms with van der Waals surface area (Å²) in [5.41, 5.74) is 3.90. The fourth-order valence-corrected chi connectivity index (χ4v) is 4.57. The topological polar surface area (TPSA) is 86.8 Å². The van der Waals surface area contributed by atoms with Crippen LogP contribution in [-0.4, -0.2) is 43.6 Å². The van der Waals surface area contributed by atoms with Crippen molar-refractivity contribution in [3.8, 4) is 0 Å². The Morgan fingerprint density at radius 1 is 1.21 bits per heavy atom. The Hall–Kier alpha value is -3.35. The molecule has 7 heteroatoms. The first-order valence-corrected chi connectivity index (χ1v) is 9.95. The Bertz CT molecular complexity index is 1290. The molecule has 1 fully saturated rings. The number of carbonyl (C=O) groups excluding carboxylic acids is 1. The highest BCUT2D eigenvalue weighted by molar-refractivity contribution is 5.94. The number of nitrogens with one attached hydrogen (secondary N) is 2. The van der Waals surface area contributed by atoms with Gasteiger partial charge in [-0.2, -0.15) is 5.10 Å². The predicted molar refractivity (Wildman–Crippen MR) is 112 cm³/mol. The number of benzene rings is 1. The zero-order valence-corrected chi connectivity index (χ0v) is 16.5. The third kappa shape index (κ3) is 2.85. The number of aromatic amines is 2. The van der Waals surface area contributed by atoms with E-state index in [0.717, 1.165) is 18.4 Å². The minimum atomic E-state index is -0.165. The lowest BCUT2D eigenvalue weighted by atomic mass is 9.89. The molecule has 0 radical (unpaired) electrons. The second-order valence-electron chi connectivity index (χ2n) is 7.84. The van der Waals surface area contributed by atoms with Crippen LogP contribution in [0.1, 0.15) is 40.5 Å². The van der Waals surface area contributed by atoms with Gasteiger partial charge in [0.1, 0.15) is 11.3 Å². The SMILES string of the molecule is Cc1nn(C)c2[nH]c(C(=O)N3CCC(c4c[nH]c5ccccc45)CC3)cc(=O)c12. The van der Waals surface area contributed by atoms with Crippen molar-refractivity contribution in [2.75, 3.05) is 13.1 Å². The number of likely N-dealkylation sites (tertiary alicyclic amines) is 1. The van der Waals surface area contributed by atoms with Crippen LogP contribution in [0.4, 0.5) is 0 Å². The van der Waals surface area contributed by atoms with Gasteiger partial charge < -0.3 is 14.9 Å². The molecule has 2 N–H and O–H groups in total. The van der Waals surface area contributed by atoms with E-state index in [4.69, 9.17) is 0 Å². The zero-order chi connectivity index (χ0) is 20.1. The Balaban J connectivity index is 1.37. The first-order valence-electron chi connectivity index (χ1n) is 9.95. The van der Waals surface area contributed by atoms with Crippen LogP contribution in [0.25, 0.3) is 21.9 Å². The van der Waals surface area contributed by atoms with E-state index in [0.29, 0.717) is 41.4 Å². The van der Waals surface area contributed by atoms with Gasteiger partial charge in [-0.05, 0) is 37.3 Å². The van der Waals surface area contributed by atoms with E-state index in [1.165, 1.54) is 17.0 Å². The molecule has 7 nitrogen and oxygen atoms in total. The minimum Gasteiger partial charge on any atom is -0.361 e. The predicted octanol–water partition coefficient (Wildman–Crippen LogP) is 3.07. The number of fused-ring (bicyclic) bond motifs is 2. The summed E-state index contributed by atoms with van der Waals surface area (Å²) >= 11 is 0. The van der Waals surface area contributed by atoms with E-state index >= 15 is 0 Å². The second kappa shape index (κ2) is 6.62. The first kappa shape index (κ1) is 17.7. The molecular weight excluding hydrogens is 366 g/mol. The standard InChI is InChI=1S/C22H23N5O2/c1-13-20-19(28)11-18(24-21(20)26(2)25-13)22(29)27-9-7-14(8-10-27)16-12-23-17-6-4-3-5-15(16)17/h3-6,11-12,14,23H,7-10H2,1-2H3,(H,24,28). The number of rotatable bonds is 2. The maximum absolute atomic E-state index is 13.0. The zero-order valence-electron chi connectivity index (χ0n) is 16.5. The molecule has 0 spiro atoms. The summed E-state index contributed by atoms with van der Waals surface area (Å²) in [5.74, 6) is 0.302. The van der Waals surface area contributed by atoms with Crippen molar-refractivity contribution < 1.29 is 4.79 Å². The van der Waals surface area contributed by atoms with Crippen LogP contribution in [0.5, 0.6) is 0 Å². The van der Waals surface area contributed by atoms with Crippen molar-refractivity contribution in [1.82, 2.24) is 24.6 Å². The molecule has 1 aliphatic rings. The monoisotopic (exact) mass is 389 g/mol. The minimum absolute atomic E-state index is 0.125. The molecule has 29 heavy (non-hydrogen) atoms. The highest BCUT2D eigenvalue weighted by atomic mass is 16.2. The van der Waals surface area contributed by atoms with Gasteiger partial charge in [-0.1, -0.05) is 18.2 Å². The summed E-state index contributed by atoms with van der Waals surface area (Å²) in [5, 5.41) is 6.09. The lowest BCUT2D eigenvalue weighted by Gasteiger charge is -2.32. The van der Waals surface area contributed by atoms with Crippen LogP contribution >= 0.6 is 0 Å². The number of pyridine rings is 1. The van der Waals surface area contributed by atoms with E-state index in [1.54, 1.807) is 18.7 Å². The van der Waals surface area contributed by atoms with Crippen LogP contribution in [0.2, 0.25) is 0 Å². The third-order valence-corrected chi connectivity index (χ3v) is 6.07. The summed E-state index contributed by atoms with van der Waals surface area (Å²) < 4.78 is 1.62. The Kier molecular flexibility index (Phi) is 4.04. The number of aromatic nitrogens is 4. The number of nitrogens with zero attached hydrogens (tertiary/aromatic N) is 3. The Labute approximate surface area is 167 Å². The second-order valence-corrected chi connectivity index (χ2v) is 7.84. The average molecular weight is 389 g/mol. The fraction of sp³-hybridized carbons (Fsp3) is 0.318. The highest BCUT2D eigenvalue weighted by Crippen LogP contribution is 2.33. The molecular formula is C22H23N5O2. The molecule has 0 bridgehead atoms. The van der Waals surface area contributed by atoms with E-state index in [-0.39, 0.29) is 11.3 Å². The van der Waals surface area contributed by atoms with Gasteiger partial charge >= 0.3 is 0 Å². The summed E-state index contributed by atoms with van der Waals surface area (Å²) in [6.07, 6.45) is 3.92. The summed E-state index contributed by atoms with van der Waals surface area (Å²) in [6, 6.07) is 9.74. The van der Waals surface area contributed by atoms with Crippen LogP contribution in [-0.2, 0) is 7.05 Å². The fourth-order valence-electron chi connectivity index (χ4n) is 4.57. The quantitative estimate of drug-likeness (QED) is 0.552. The van der Waals surface area contributed by atoms with Gasteiger partial charge in [0.15, 0.2) is 5.43 Å². The Morgan fingerprint density at radius 3 is 2.76 bits per heavy atom. The number of H-pyrrole nitrogens is 2. The van der Waals surface area contributed by atoms with Gasteiger partial charge in [0, 0.05) is 43.3 Å². The Morgan fingerprint density at radius 2 is 1.97 bits per heavy atom. The molecule has 148 valence electrons. The van der Waals surface area contributed by atoms with Gasteiger partial charge in [-0.15, -0.1) is 0 Å². The van der Waals surface area contributed by atoms with Gasteiger partial charge in [0.05, 0.1) is 11.1 Å². The van der Waals surface area contributed by atoms with Gasteiger partial charge in [0.25, 0.3) is 5.91 Å². The van der Waals surface area contributed by atoms with E-state index in [2.05, 4.69) is 39.5 Å². The number of hydrogen-bond donors (Lipinski definition) is 2. The van der Waals surface area contributed by atoms with Crippen molar-refractivity contribution in [3.05, 3.63) is 63.7 Å². The number of amides is 1. The number of para-hydroxylation sites is 1. The maximum atomic E-state index is 13.0. The molecule has 4 aromatic rings. The molecule has 1 aromatic carbocycles. The van der Waals surface area contributed by atoms with Crippen molar-refractivity contribution >= 4 is 27.8 Å². The lowest BCUT2D eigenvalue weighted by Crippen LogP contribution is -2.38.